The highest BCUT2D eigenvalue weighted by Gasteiger charge is 2.21. The van der Waals surface area contributed by atoms with Crippen LogP contribution in [0.3, 0.4) is 0 Å². The highest BCUT2D eigenvalue weighted by molar-refractivity contribution is 5.56. The van der Waals surface area contributed by atoms with E-state index < -0.39 is 12.3 Å². The molecule has 4 nitrogen and oxygen atoms in total. The Labute approximate surface area is 184 Å². The summed E-state index contributed by atoms with van der Waals surface area (Å²) < 4.78 is 38.4. The van der Waals surface area contributed by atoms with Crippen molar-refractivity contribution in [2.24, 2.45) is 0 Å². The first-order valence-corrected chi connectivity index (χ1v) is 11.2. The summed E-state index contributed by atoms with van der Waals surface area (Å²) in [5.41, 5.74) is 1.89. The van der Waals surface area contributed by atoms with Crippen LogP contribution in [-0.2, 0) is 11.2 Å². The summed E-state index contributed by atoms with van der Waals surface area (Å²) >= 11 is 0. The predicted octanol–water partition coefficient (Wildman–Crippen LogP) is 6.30. The first kappa shape index (κ1) is 24.9. The van der Waals surface area contributed by atoms with Gasteiger partial charge in [-0.1, -0.05) is 32.3 Å². The third-order valence-electron chi connectivity index (χ3n) is 4.89. The molecule has 1 heterocycles. The van der Waals surface area contributed by atoms with E-state index in [1.807, 2.05) is 18.2 Å². The van der Waals surface area contributed by atoms with Crippen molar-refractivity contribution in [1.29, 1.82) is 0 Å². The molecule has 6 heteroatoms. The lowest BCUT2D eigenvalue weighted by Crippen LogP contribution is -2.28. The van der Waals surface area contributed by atoms with Crippen molar-refractivity contribution in [3.8, 4) is 17.1 Å². The number of rotatable bonds is 16. The second-order valence-electron chi connectivity index (χ2n) is 7.56. The van der Waals surface area contributed by atoms with Crippen molar-refractivity contribution in [3.63, 3.8) is 0 Å². The summed E-state index contributed by atoms with van der Waals surface area (Å²) in [5.74, 6) is 1.13. The van der Waals surface area contributed by atoms with Crippen LogP contribution >= 0.6 is 0 Å². The van der Waals surface area contributed by atoms with Gasteiger partial charge in [-0.2, -0.15) is 0 Å². The maximum atomic E-state index is 14.0. The number of allylic oxidation sites excluding steroid dienone is 1. The first-order valence-electron chi connectivity index (χ1n) is 11.2. The molecule has 31 heavy (non-hydrogen) atoms. The molecule has 170 valence electrons. The molecule has 0 aliphatic heterocycles. The largest absolute Gasteiger partial charge is 0.490 e. The van der Waals surface area contributed by atoms with Crippen LogP contribution in [0.5, 0.6) is 5.75 Å². The second-order valence-corrected chi connectivity index (χ2v) is 7.56. The average Bonchev–Trinajstić information content (AvgIpc) is 2.80. The smallest absolute Gasteiger partial charge is 0.167 e. The molecule has 1 aromatic carbocycles. The Morgan fingerprint density at radius 2 is 1.77 bits per heavy atom. The number of hydrogen-bond acceptors (Lipinski definition) is 4. The molecule has 0 aliphatic carbocycles. The summed E-state index contributed by atoms with van der Waals surface area (Å²) in [6.07, 6.45) is 7.36. The first-order chi connectivity index (χ1) is 15.1. The van der Waals surface area contributed by atoms with Gasteiger partial charge in [0.05, 0.1) is 6.61 Å². The van der Waals surface area contributed by atoms with Crippen LogP contribution < -0.4 is 4.74 Å². The Hall–Kier alpha value is -2.34. The van der Waals surface area contributed by atoms with Crippen molar-refractivity contribution < 1.29 is 18.3 Å². The number of alkyl halides is 2. The van der Waals surface area contributed by atoms with Crippen molar-refractivity contribution in [1.82, 2.24) is 9.97 Å². The molecule has 0 fully saturated rings. The molecule has 0 radical (unpaired) electrons. The van der Waals surface area contributed by atoms with Gasteiger partial charge in [0.15, 0.2) is 18.2 Å². The average molecular weight is 433 g/mol. The highest BCUT2D eigenvalue weighted by atomic mass is 19.2. The van der Waals surface area contributed by atoms with Gasteiger partial charge in [0.1, 0.15) is 12.4 Å². The number of unbranched alkanes of at least 4 members (excludes halogenated alkanes) is 4. The topological polar surface area (TPSA) is 44.2 Å². The fourth-order valence-electron chi connectivity index (χ4n) is 3.02. The van der Waals surface area contributed by atoms with Crippen molar-refractivity contribution in [2.45, 2.75) is 64.2 Å². The molecule has 0 spiro atoms. The minimum absolute atomic E-state index is 0.271. The number of ether oxygens (including phenoxy) is 2. The van der Waals surface area contributed by atoms with Crippen LogP contribution in [0.4, 0.5) is 8.78 Å². The Morgan fingerprint density at radius 1 is 1.00 bits per heavy atom. The Morgan fingerprint density at radius 3 is 2.52 bits per heavy atom. The fourth-order valence-corrected chi connectivity index (χ4v) is 3.02. The van der Waals surface area contributed by atoms with E-state index in [1.54, 1.807) is 24.4 Å². The van der Waals surface area contributed by atoms with E-state index in [1.165, 1.54) is 19.3 Å². The molecular formula is C25H34F2N2O2. The van der Waals surface area contributed by atoms with Gasteiger partial charge in [0.2, 0.25) is 0 Å². The van der Waals surface area contributed by atoms with E-state index in [4.69, 9.17) is 9.47 Å². The van der Waals surface area contributed by atoms with Crippen molar-refractivity contribution in [2.75, 3.05) is 19.8 Å². The van der Waals surface area contributed by atoms with E-state index >= 15 is 0 Å². The number of hydrogen-bond donors (Lipinski definition) is 0. The van der Waals surface area contributed by atoms with Gasteiger partial charge < -0.3 is 9.47 Å². The number of aromatic nitrogens is 2. The SMILES string of the molecule is C=CCCCOC[C@@H](F)[C@H](F)COc1ccc(-c2nccc(CCCCCC)n2)cc1. The molecule has 0 aliphatic rings. The van der Waals surface area contributed by atoms with Gasteiger partial charge in [-0.05, 0) is 56.0 Å². The van der Waals surface area contributed by atoms with Crippen LogP contribution in [0, 0.1) is 0 Å². The third-order valence-corrected chi connectivity index (χ3v) is 4.89. The van der Waals surface area contributed by atoms with Gasteiger partial charge in [0, 0.05) is 24.1 Å². The molecule has 0 amide bonds. The lowest BCUT2D eigenvalue weighted by molar-refractivity contribution is 0.0253. The minimum atomic E-state index is -1.74. The minimum Gasteiger partial charge on any atom is -0.490 e. The summed E-state index contributed by atoms with van der Waals surface area (Å²) in [5, 5.41) is 0. The summed E-state index contributed by atoms with van der Waals surface area (Å²) in [4.78, 5) is 8.98. The highest BCUT2D eigenvalue weighted by Crippen LogP contribution is 2.20. The second kappa shape index (κ2) is 14.6. The third kappa shape index (κ3) is 9.55. The summed E-state index contributed by atoms with van der Waals surface area (Å²) in [6, 6.07) is 9.05. The van der Waals surface area contributed by atoms with Crippen LogP contribution in [0.25, 0.3) is 11.4 Å². The summed E-state index contributed by atoms with van der Waals surface area (Å²) in [7, 11) is 0. The molecule has 0 unspecified atom stereocenters. The maximum absolute atomic E-state index is 14.0. The predicted molar refractivity (Wildman–Crippen MR) is 121 cm³/mol. The van der Waals surface area contributed by atoms with Gasteiger partial charge in [-0.25, -0.2) is 18.7 Å². The zero-order valence-electron chi connectivity index (χ0n) is 18.4. The number of halogens is 2. The molecule has 0 bridgehead atoms. The van der Waals surface area contributed by atoms with Gasteiger partial charge in [0.25, 0.3) is 0 Å². The molecule has 2 atom stereocenters. The van der Waals surface area contributed by atoms with Gasteiger partial charge in [-0.3, -0.25) is 0 Å². The number of aryl methyl sites for hydroxylation is 1. The molecule has 0 saturated heterocycles. The monoisotopic (exact) mass is 432 g/mol. The molecule has 2 rings (SSSR count). The van der Waals surface area contributed by atoms with Crippen LogP contribution in [-0.4, -0.2) is 42.1 Å². The summed E-state index contributed by atoms with van der Waals surface area (Å²) in [6.45, 7) is 5.56. The maximum Gasteiger partial charge on any atom is 0.167 e. The molecule has 1 aromatic heterocycles. The standard InChI is InChI=1S/C25H34F2N2O2/c1-3-5-7-8-10-21-15-16-28-25(29-21)20-11-13-22(14-12-20)31-19-24(27)23(26)18-30-17-9-6-4-2/h4,11-16,23-24H,2-3,5-10,17-19H2,1H3/t23-,24-/m1/s1. The molecule has 0 N–H and O–H groups in total. The van der Waals surface area contributed by atoms with E-state index in [2.05, 4.69) is 23.5 Å². The van der Waals surface area contributed by atoms with Gasteiger partial charge in [-0.15, -0.1) is 6.58 Å². The van der Waals surface area contributed by atoms with Crippen molar-refractivity contribution in [3.05, 3.63) is 54.9 Å². The Kier molecular flexibility index (Phi) is 11.8. The molecule has 2 aromatic rings. The van der Waals surface area contributed by atoms with Crippen molar-refractivity contribution >= 4 is 0 Å². The van der Waals surface area contributed by atoms with Crippen LogP contribution in [0.1, 0.15) is 51.1 Å². The lowest BCUT2D eigenvalue weighted by atomic mass is 10.1. The number of benzene rings is 1. The zero-order valence-corrected chi connectivity index (χ0v) is 18.4. The fraction of sp³-hybridized carbons (Fsp3) is 0.520. The van der Waals surface area contributed by atoms with Crippen LogP contribution in [0.15, 0.2) is 49.2 Å². The van der Waals surface area contributed by atoms with E-state index in [9.17, 15) is 8.78 Å². The zero-order chi connectivity index (χ0) is 22.3. The molecule has 0 saturated carbocycles. The lowest BCUT2D eigenvalue weighted by Gasteiger charge is -2.15. The number of nitrogens with zero attached hydrogens (tertiary/aromatic N) is 2. The Bertz CT molecular complexity index is 755. The van der Waals surface area contributed by atoms with E-state index in [0.29, 0.717) is 18.2 Å². The quantitative estimate of drug-likeness (QED) is 0.230. The van der Waals surface area contributed by atoms with E-state index in [-0.39, 0.29) is 13.2 Å². The van der Waals surface area contributed by atoms with E-state index in [0.717, 1.165) is 36.9 Å². The normalized spacial score (nSPS) is 13.0. The molecular weight excluding hydrogens is 398 g/mol. The Balaban J connectivity index is 1.79. The van der Waals surface area contributed by atoms with Crippen LogP contribution in [0.2, 0.25) is 0 Å². The van der Waals surface area contributed by atoms with Gasteiger partial charge >= 0.3 is 0 Å².